The number of rotatable bonds is 4. The van der Waals surface area contributed by atoms with E-state index in [1.54, 1.807) is 6.20 Å². The van der Waals surface area contributed by atoms with Crippen molar-refractivity contribution in [3.8, 4) is 17.3 Å². The van der Waals surface area contributed by atoms with Gasteiger partial charge in [0.25, 0.3) is 11.8 Å². The lowest BCUT2D eigenvalue weighted by Crippen LogP contribution is -2.28. The molecular weight excluding hydrogens is 390 g/mol. The quantitative estimate of drug-likeness (QED) is 0.502. The first-order chi connectivity index (χ1) is 15.1. The molecule has 31 heavy (non-hydrogen) atoms. The van der Waals surface area contributed by atoms with Crippen LogP contribution in [0.15, 0.2) is 65.3 Å². The Bertz CT molecular complexity index is 1190. The molecule has 1 saturated heterocycles. The molecule has 5 rings (SSSR count). The maximum Gasteiger partial charge on any atom is 0.276 e. The second kappa shape index (κ2) is 7.83. The van der Waals surface area contributed by atoms with Gasteiger partial charge >= 0.3 is 0 Å². The number of aromatic nitrogens is 4. The Morgan fingerprint density at radius 1 is 1.03 bits per heavy atom. The van der Waals surface area contributed by atoms with Crippen molar-refractivity contribution in [1.82, 2.24) is 24.6 Å². The molecule has 4 aromatic rings. The van der Waals surface area contributed by atoms with Crippen molar-refractivity contribution in [3.05, 3.63) is 83.6 Å². The Morgan fingerprint density at radius 2 is 1.81 bits per heavy atom. The van der Waals surface area contributed by atoms with E-state index in [9.17, 15) is 4.79 Å². The molecule has 0 N–H and O–H groups in total. The van der Waals surface area contributed by atoms with E-state index in [0.717, 1.165) is 12.1 Å². The molecule has 7 nitrogen and oxygen atoms in total. The van der Waals surface area contributed by atoms with E-state index in [1.807, 2.05) is 47.4 Å². The zero-order chi connectivity index (χ0) is 21.4. The number of hydrogen-bond donors (Lipinski definition) is 0. The zero-order valence-corrected chi connectivity index (χ0v) is 17.5. The van der Waals surface area contributed by atoms with Gasteiger partial charge in [-0.1, -0.05) is 11.2 Å². The Labute approximate surface area is 180 Å². The number of pyridine rings is 1. The van der Waals surface area contributed by atoms with E-state index in [0.29, 0.717) is 36.1 Å². The fourth-order valence-electron chi connectivity index (χ4n) is 4.16. The summed E-state index contributed by atoms with van der Waals surface area (Å²) in [6, 6.07) is 17.5. The summed E-state index contributed by atoms with van der Waals surface area (Å²) in [4.78, 5) is 23.6. The summed E-state index contributed by atoms with van der Waals surface area (Å²) in [5, 5.41) is 4.13. The Morgan fingerprint density at radius 3 is 2.52 bits per heavy atom. The number of hydrogen-bond acceptors (Lipinski definition) is 5. The monoisotopic (exact) mass is 413 g/mol. The van der Waals surface area contributed by atoms with Crippen LogP contribution in [0.4, 0.5) is 0 Å². The topological polar surface area (TPSA) is 77.0 Å². The highest BCUT2D eigenvalue weighted by atomic mass is 16.5. The lowest BCUT2D eigenvalue weighted by atomic mass is 10.1. The first-order valence-corrected chi connectivity index (χ1v) is 10.4. The minimum atomic E-state index is 0.0310. The standard InChI is InChI=1S/C24H23N5O2/c1-16-6-7-17(2)29(16)20-10-8-18(9-11-20)24(30)28-14-12-19(15-28)22-26-23(31-27-22)21-5-3-4-13-25-21/h3-11,13,19H,12,14-15H2,1-2H3. The second-order valence-electron chi connectivity index (χ2n) is 7.91. The highest BCUT2D eigenvalue weighted by Crippen LogP contribution is 2.28. The van der Waals surface area contributed by atoms with Gasteiger partial charge < -0.3 is 14.0 Å². The molecule has 0 bridgehead atoms. The van der Waals surface area contributed by atoms with Gasteiger partial charge in [0.2, 0.25) is 0 Å². The minimum Gasteiger partial charge on any atom is -0.338 e. The molecule has 156 valence electrons. The normalized spacial score (nSPS) is 16.1. The van der Waals surface area contributed by atoms with E-state index in [-0.39, 0.29) is 11.8 Å². The third kappa shape index (κ3) is 3.63. The molecule has 7 heteroatoms. The van der Waals surface area contributed by atoms with Crippen LogP contribution in [0.25, 0.3) is 17.3 Å². The highest BCUT2D eigenvalue weighted by molar-refractivity contribution is 5.94. The van der Waals surface area contributed by atoms with E-state index < -0.39 is 0 Å². The summed E-state index contributed by atoms with van der Waals surface area (Å²) in [5.41, 5.74) is 4.74. The molecule has 1 aliphatic rings. The molecule has 3 aromatic heterocycles. The van der Waals surface area contributed by atoms with Crippen LogP contribution < -0.4 is 0 Å². The van der Waals surface area contributed by atoms with Gasteiger partial charge in [-0.15, -0.1) is 0 Å². The molecule has 0 radical (unpaired) electrons. The number of amides is 1. The van der Waals surface area contributed by atoms with Crippen LogP contribution in [0.2, 0.25) is 0 Å². The lowest BCUT2D eigenvalue weighted by Gasteiger charge is -2.16. The maximum atomic E-state index is 13.0. The zero-order valence-electron chi connectivity index (χ0n) is 17.5. The number of carbonyl (C=O) groups excluding carboxylic acids is 1. The van der Waals surface area contributed by atoms with Gasteiger partial charge in [-0.05, 0) is 68.8 Å². The first-order valence-electron chi connectivity index (χ1n) is 10.4. The molecule has 1 atom stereocenters. The predicted octanol–water partition coefficient (Wildman–Crippen LogP) is 4.17. The van der Waals surface area contributed by atoms with Gasteiger partial charge in [-0.25, -0.2) is 0 Å². The summed E-state index contributed by atoms with van der Waals surface area (Å²) in [6.45, 7) is 5.41. The average Bonchev–Trinajstić information content (AvgIpc) is 3.54. The summed E-state index contributed by atoms with van der Waals surface area (Å²) in [6.07, 6.45) is 2.51. The Kier molecular flexibility index (Phi) is 4.86. The molecule has 0 saturated carbocycles. The van der Waals surface area contributed by atoms with Gasteiger partial charge in [0.05, 0.1) is 0 Å². The summed E-state index contributed by atoms with van der Waals surface area (Å²) in [7, 11) is 0. The molecule has 0 spiro atoms. The van der Waals surface area contributed by atoms with Crippen LogP contribution in [0.3, 0.4) is 0 Å². The SMILES string of the molecule is Cc1ccc(C)n1-c1ccc(C(=O)N2CCC(c3noc(-c4ccccn4)n3)C2)cc1. The maximum absolute atomic E-state index is 13.0. The van der Waals surface area contributed by atoms with Crippen LogP contribution in [0.5, 0.6) is 0 Å². The molecule has 4 heterocycles. The van der Waals surface area contributed by atoms with Crippen molar-refractivity contribution in [2.45, 2.75) is 26.2 Å². The van der Waals surface area contributed by atoms with Crippen LogP contribution in [0.1, 0.15) is 39.9 Å². The fraction of sp³-hybridized carbons (Fsp3) is 0.250. The molecular formula is C24H23N5O2. The molecule has 1 aromatic carbocycles. The van der Waals surface area contributed by atoms with Crippen molar-refractivity contribution in [1.29, 1.82) is 0 Å². The van der Waals surface area contributed by atoms with E-state index in [1.165, 1.54) is 11.4 Å². The summed E-state index contributed by atoms with van der Waals surface area (Å²) >= 11 is 0. The molecule has 1 aliphatic heterocycles. The van der Waals surface area contributed by atoms with Crippen molar-refractivity contribution >= 4 is 5.91 Å². The molecule has 1 fully saturated rings. The minimum absolute atomic E-state index is 0.0310. The fourth-order valence-corrected chi connectivity index (χ4v) is 4.16. The molecule has 1 amide bonds. The highest BCUT2D eigenvalue weighted by Gasteiger charge is 2.31. The van der Waals surface area contributed by atoms with Crippen molar-refractivity contribution < 1.29 is 9.32 Å². The first kappa shape index (κ1) is 19.2. The predicted molar refractivity (Wildman–Crippen MR) is 116 cm³/mol. The van der Waals surface area contributed by atoms with Gasteiger partial charge in [0.15, 0.2) is 5.82 Å². The van der Waals surface area contributed by atoms with E-state index in [2.05, 4.69) is 45.7 Å². The van der Waals surface area contributed by atoms with Gasteiger partial charge in [-0.2, -0.15) is 4.98 Å². The number of nitrogens with zero attached hydrogens (tertiary/aromatic N) is 5. The molecule has 0 aliphatic carbocycles. The third-order valence-electron chi connectivity index (χ3n) is 5.81. The number of benzene rings is 1. The number of aryl methyl sites for hydroxylation is 2. The van der Waals surface area contributed by atoms with Crippen LogP contribution in [-0.2, 0) is 0 Å². The smallest absolute Gasteiger partial charge is 0.276 e. The Balaban J connectivity index is 1.28. The van der Waals surface area contributed by atoms with Crippen LogP contribution >= 0.6 is 0 Å². The molecule has 1 unspecified atom stereocenters. The lowest BCUT2D eigenvalue weighted by molar-refractivity contribution is 0.0790. The van der Waals surface area contributed by atoms with E-state index in [4.69, 9.17) is 4.52 Å². The van der Waals surface area contributed by atoms with Crippen LogP contribution in [-0.4, -0.2) is 43.6 Å². The largest absolute Gasteiger partial charge is 0.338 e. The third-order valence-corrected chi connectivity index (χ3v) is 5.81. The van der Waals surface area contributed by atoms with Gasteiger partial charge in [0.1, 0.15) is 5.69 Å². The summed E-state index contributed by atoms with van der Waals surface area (Å²) < 4.78 is 7.56. The number of carbonyl (C=O) groups is 1. The van der Waals surface area contributed by atoms with Crippen molar-refractivity contribution in [3.63, 3.8) is 0 Å². The van der Waals surface area contributed by atoms with Gasteiger partial charge in [0, 0.05) is 47.8 Å². The van der Waals surface area contributed by atoms with E-state index >= 15 is 0 Å². The number of likely N-dealkylation sites (tertiary alicyclic amines) is 1. The van der Waals surface area contributed by atoms with Crippen molar-refractivity contribution in [2.24, 2.45) is 0 Å². The Hall–Kier alpha value is -3.74. The van der Waals surface area contributed by atoms with Crippen LogP contribution in [0, 0.1) is 13.8 Å². The average molecular weight is 413 g/mol. The van der Waals surface area contributed by atoms with Crippen molar-refractivity contribution in [2.75, 3.05) is 13.1 Å². The van der Waals surface area contributed by atoms with Gasteiger partial charge in [-0.3, -0.25) is 9.78 Å². The second-order valence-corrected chi connectivity index (χ2v) is 7.91. The summed E-state index contributed by atoms with van der Waals surface area (Å²) in [5.74, 6) is 1.13.